The number of aromatic amines is 1. The Morgan fingerprint density at radius 3 is 2.96 bits per heavy atom. The number of ether oxygens (including phenoxy) is 4. The molecule has 2 N–H and O–H groups in total. The Hall–Kier alpha value is -2.21. The molecule has 1 unspecified atom stereocenters. The maximum Gasteiger partial charge on any atom is 0.330 e. The maximum absolute atomic E-state index is 12.0. The molecule has 0 saturated carbocycles. The Balaban J connectivity index is 2.06. The van der Waals surface area contributed by atoms with Crippen molar-refractivity contribution in [3.8, 4) is 0 Å². The summed E-state index contributed by atoms with van der Waals surface area (Å²) in [5.74, 6) is 0. The molecule has 2 fully saturated rings. The molecule has 12 nitrogen and oxygen atoms in total. The molecule has 3 heterocycles. The summed E-state index contributed by atoms with van der Waals surface area (Å²) in [5.41, 5.74) is 5.62. The van der Waals surface area contributed by atoms with Gasteiger partial charge in [0.05, 0.1) is 6.61 Å². The molecule has 0 bridgehead atoms. The van der Waals surface area contributed by atoms with Crippen molar-refractivity contribution in [2.24, 2.45) is 5.11 Å². The molecule has 3 rings (SSSR count). The molecular formula is C11H13N5O7. The normalized spacial score (nSPS) is 35.7. The Bertz CT molecular complexity index is 756. The van der Waals surface area contributed by atoms with E-state index < -0.39 is 48.5 Å². The van der Waals surface area contributed by atoms with Gasteiger partial charge in [0.2, 0.25) is 5.72 Å². The minimum atomic E-state index is -1.78. The van der Waals surface area contributed by atoms with Crippen LogP contribution in [0.4, 0.5) is 0 Å². The molecule has 1 aromatic rings. The van der Waals surface area contributed by atoms with Gasteiger partial charge in [-0.15, -0.1) is 0 Å². The molecule has 0 spiro atoms. The first kappa shape index (κ1) is 15.7. The average molecular weight is 327 g/mol. The van der Waals surface area contributed by atoms with Crippen molar-refractivity contribution in [1.29, 1.82) is 0 Å². The van der Waals surface area contributed by atoms with Crippen molar-refractivity contribution < 1.29 is 24.1 Å². The first-order valence-corrected chi connectivity index (χ1v) is 6.55. The number of azide groups is 1. The lowest BCUT2D eigenvalue weighted by atomic mass is 10.1. The third-order valence-electron chi connectivity index (χ3n) is 3.63. The van der Waals surface area contributed by atoms with Gasteiger partial charge in [-0.25, -0.2) is 4.79 Å². The van der Waals surface area contributed by atoms with Crippen LogP contribution in [0.2, 0.25) is 0 Å². The molecule has 0 radical (unpaired) electrons. The van der Waals surface area contributed by atoms with Gasteiger partial charge in [0.25, 0.3) is 12.0 Å². The average Bonchev–Trinajstić information content (AvgIpc) is 3.07. The van der Waals surface area contributed by atoms with Gasteiger partial charge in [0.1, 0.15) is 12.2 Å². The monoisotopic (exact) mass is 327 g/mol. The zero-order valence-corrected chi connectivity index (χ0v) is 11.9. The van der Waals surface area contributed by atoms with Crippen molar-refractivity contribution in [2.45, 2.75) is 30.6 Å². The van der Waals surface area contributed by atoms with Crippen molar-refractivity contribution in [3.63, 3.8) is 0 Å². The summed E-state index contributed by atoms with van der Waals surface area (Å²) < 4.78 is 22.5. The lowest BCUT2D eigenvalue weighted by molar-refractivity contribution is -0.270. The Morgan fingerprint density at radius 2 is 2.35 bits per heavy atom. The van der Waals surface area contributed by atoms with Crippen LogP contribution < -0.4 is 11.2 Å². The summed E-state index contributed by atoms with van der Waals surface area (Å²) in [6.45, 7) is -1.78. The van der Waals surface area contributed by atoms with Gasteiger partial charge in [-0.1, -0.05) is 5.11 Å². The number of aromatic nitrogens is 2. The van der Waals surface area contributed by atoms with E-state index >= 15 is 0 Å². The minimum Gasteiger partial charge on any atom is -0.393 e. The molecule has 12 heteroatoms. The third-order valence-corrected chi connectivity index (χ3v) is 3.63. The molecule has 2 aliphatic heterocycles. The summed E-state index contributed by atoms with van der Waals surface area (Å²) >= 11 is 0. The van der Waals surface area contributed by atoms with E-state index in [0.29, 0.717) is 0 Å². The summed E-state index contributed by atoms with van der Waals surface area (Å²) in [4.78, 5) is 27.9. The van der Waals surface area contributed by atoms with Gasteiger partial charge >= 0.3 is 5.69 Å². The van der Waals surface area contributed by atoms with Gasteiger partial charge in [0.15, 0.2) is 6.23 Å². The number of hydrogen-bond acceptors (Lipinski definition) is 8. The zero-order chi connectivity index (χ0) is 16.6. The molecule has 23 heavy (non-hydrogen) atoms. The lowest BCUT2D eigenvalue weighted by Crippen LogP contribution is -2.43. The first-order chi connectivity index (χ1) is 11.0. The number of nitrogens with zero attached hydrogens (tertiary/aromatic N) is 4. The fourth-order valence-corrected chi connectivity index (χ4v) is 2.62. The predicted octanol–water partition coefficient (Wildman–Crippen LogP) is -1.22. The lowest BCUT2D eigenvalue weighted by Gasteiger charge is -2.26. The van der Waals surface area contributed by atoms with Crippen LogP contribution in [0.5, 0.6) is 0 Å². The number of H-pyrrole nitrogens is 1. The number of methoxy groups -OCH3 is 1. The first-order valence-electron chi connectivity index (χ1n) is 6.55. The van der Waals surface area contributed by atoms with Gasteiger partial charge in [-0.3, -0.25) is 14.3 Å². The Kier molecular flexibility index (Phi) is 3.93. The smallest absolute Gasteiger partial charge is 0.330 e. The van der Waals surface area contributed by atoms with Crippen LogP contribution in [0.25, 0.3) is 10.4 Å². The maximum atomic E-state index is 12.0. The van der Waals surface area contributed by atoms with Crippen molar-refractivity contribution in [3.05, 3.63) is 43.5 Å². The van der Waals surface area contributed by atoms with E-state index in [4.69, 9.17) is 24.5 Å². The van der Waals surface area contributed by atoms with E-state index in [0.717, 1.165) is 10.6 Å². The SMILES string of the molecule is COC1O[C@H]2[C@H](n3ccc(=O)[nH]c3=O)O[C@@](CO)(N=[N+]=[N-])[C@H]2O1. The number of fused-ring (bicyclic) bond motifs is 1. The van der Waals surface area contributed by atoms with E-state index in [1.165, 1.54) is 13.3 Å². The fourth-order valence-electron chi connectivity index (χ4n) is 2.62. The molecular weight excluding hydrogens is 314 g/mol. The molecule has 1 aromatic heterocycles. The van der Waals surface area contributed by atoms with E-state index in [1.54, 1.807) is 0 Å². The van der Waals surface area contributed by atoms with Crippen LogP contribution in [-0.4, -0.2) is 52.8 Å². The molecule has 0 aliphatic carbocycles. The van der Waals surface area contributed by atoms with E-state index in [2.05, 4.69) is 15.0 Å². The molecule has 0 amide bonds. The van der Waals surface area contributed by atoms with Crippen LogP contribution in [-0.2, 0) is 18.9 Å². The molecule has 124 valence electrons. The summed E-state index contributed by atoms with van der Waals surface area (Å²) in [5, 5.41) is 13.1. The quantitative estimate of drug-likeness (QED) is 0.398. The standard InChI is InChI=1S/C11H13N5O7/c1-20-10-21-6-7(22-10)11(4-17,14-15-12)23-8(6)16-3-2-5(18)13-9(16)19/h2-3,6-8,10,17H,4H2,1H3,(H,13,18,19)/t6-,7+,8-,10?,11-/m1/s1. The van der Waals surface area contributed by atoms with E-state index in [-0.39, 0.29) is 0 Å². The zero-order valence-electron chi connectivity index (χ0n) is 11.9. The highest BCUT2D eigenvalue weighted by Gasteiger charge is 2.62. The van der Waals surface area contributed by atoms with Crippen molar-refractivity contribution in [2.75, 3.05) is 13.7 Å². The molecule has 5 atom stereocenters. The highest BCUT2D eigenvalue weighted by Crippen LogP contribution is 2.45. The van der Waals surface area contributed by atoms with Crippen LogP contribution in [0.3, 0.4) is 0 Å². The second-order valence-electron chi connectivity index (χ2n) is 4.90. The Morgan fingerprint density at radius 1 is 1.57 bits per heavy atom. The van der Waals surface area contributed by atoms with Crippen molar-refractivity contribution in [1.82, 2.24) is 9.55 Å². The topological polar surface area (TPSA) is 161 Å². The molecule has 0 aromatic carbocycles. The number of aliphatic hydroxyl groups excluding tert-OH is 1. The number of nitrogens with one attached hydrogen (secondary N) is 1. The predicted molar refractivity (Wildman–Crippen MR) is 71.0 cm³/mol. The van der Waals surface area contributed by atoms with Gasteiger partial charge < -0.3 is 24.1 Å². The van der Waals surface area contributed by atoms with Crippen LogP contribution >= 0.6 is 0 Å². The highest BCUT2D eigenvalue weighted by atomic mass is 16.9. The number of hydrogen-bond donors (Lipinski definition) is 2. The van der Waals surface area contributed by atoms with E-state index in [9.17, 15) is 14.7 Å². The molecule has 2 aliphatic rings. The molecule has 2 saturated heterocycles. The van der Waals surface area contributed by atoms with Crippen molar-refractivity contribution >= 4 is 0 Å². The van der Waals surface area contributed by atoms with Gasteiger partial charge in [0, 0.05) is 24.3 Å². The van der Waals surface area contributed by atoms with E-state index in [1.807, 2.05) is 0 Å². The highest BCUT2D eigenvalue weighted by molar-refractivity contribution is 5.04. The summed E-state index contributed by atoms with van der Waals surface area (Å²) in [6, 6.07) is 1.12. The number of aliphatic hydroxyl groups is 1. The summed E-state index contributed by atoms with van der Waals surface area (Å²) in [6.07, 6.45) is -1.80. The van der Waals surface area contributed by atoms with Gasteiger partial charge in [-0.2, -0.15) is 0 Å². The van der Waals surface area contributed by atoms with Crippen LogP contribution in [0.1, 0.15) is 6.23 Å². The second kappa shape index (κ2) is 5.77. The summed E-state index contributed by atoms with van der Waals surface area (Å²) in [7, 11) is 1.34. The fraction of sp³-hybridized carbons (Fsp3) is 0.636. The van der Waals surface area contributed by atoms with Gasteiger partial charge in [-0.05, 0) is 5.53 Å². The Labute approximate surface area is 127 Å². The largest absolute Gasteiger partial charge is 0.393 e. The second-order valence-corrected chi connectivity index (χ2v) is 4.90. The third kappa shape index (κ3) is 2.43. The minimum absolute atomic E-state index is 0.581. The number of rotatable bonds is 4. The van der Waals surface area contributed by atoms with Crippen LogP contribution in [0.15, 0.2) is 27.0 Å². The van der Waals surface area contributed by atoms with Crippen LogP contribution in [0, 0.1) is 0 Å².